The van der Waals surface area contributed by atoms with Crippen LogP contribution in [0.25, 0.3) is 0 Å². The Labute approximate surface area is 116 Å². The molecule has 0 amide bonds. The summed E-state index contributed by atoms with van der Waals surface area (Å²) in [7, 11) is 0. The molecule has 112 valence electrons. The van der Waals surface area contributed by atoms with Gasteiger partial charge in [-0.2, -0.15) is 0 Å². The van der Waals surface area contributed by atoms with Crippen molar-refractivity contribution in [3.63, 3.8) is 0 Å². The molecule has 0 aromatic heterocycles. The number of hydrogen-bond acceptors (Lipinski definition) is 3. The van der Waals surface area contributed by atoms with E-state index in [0.29, 0.717) is 12.5 Å². The maximum absolute atomic E-state index is 11.3. The van der Waals surface area contributed by atoms with Crippen LogP contribution in [0.4, 0.5) is 0 Å². The van der Waals surface area contributed by atoms with E-state index in [1.807, 2.05) is 13.8 Å². The summed E-state index contributed by atoms with van der Waals surface area (Å²) in [5.41, 5.74) is -0.992. The molecule has 0 aliphatic heterocycles. The van der Waals surface area contributed by atoms with Gasteiger partial charge in [-0.1, -0.05) is 19.8 Å². The smallest absolute Gasteiger partial charge is 0.326 e. The second kappa shape index (κ2) is 7.25. The van der Waals surface area contributed by atoms with E-state index in [9.17, 15) is 9.90 Å². The first-order valence-corrected chi connectivity index (χ1v) is 7.42. The normalized spacial score (nSPS) is 27.2. The minimum Gasteiger partial charge on any atom is -0.480 e. The molecule has 0 spiro atoms. The van der Waals surface area contributed by atoms with Crippen molar-refractivity contribution in [1.82, 2.24) is 5.32 Å². The lowest BCUT2D eigenvalue weighted by atomic mass is 9.83. The lowest BCUT2D eigenvalue weighted by Gasteiger charge is -2.31. The van der Waals surface area contributed by atoms with E-state index in [0.717, 1.165) is 5.92 Å². The quantitative estimate of drug-likeness (QED) is 0.747. The van der Waals surface area contributed by atoms with Crippen molar-refractivity contribution in [2.45, 2.75) is 65.0 Å². The molecular weight excluding hydrogens is 242 g/mol. The highest BCUT2D eigenvalue weighted by Crippen LogP contribution is 2.28. The summed E-state index contributed by atoms with van der Waals surface area (Å²) in [6.45, 7) is 8.79. The van der Waals surface area contributed by atoms with Gasteiger partial charge in [0.2, 0.25) is 0 Å². The molecule has 4 nitrogen and oxygen atoms in total. The number of carboxylic acids is 1. The van der Waals surface area contributed by atoms with Crippen molar-refractivity contribution in [1.29, 1.82) is 0 Å². The molecule has 2 N–H and O–H groups in total. The first-order chi connectivity index (χ1) is 8.83. The molecular formula is C15H29NO3. The number of carboxylic acid groups (broad SMARTS) is 1. The average molecular weight is 271 g/mol. The van der Waals surface area contributed by atoms with Crippen LogP contribution < -0.4 is 5.32 Å². The predicted molar refractivity (Wildman–Crippen MR) is 76.3 cm³/mol. The summed E-state index contributed by atoms with van der Waals surface area (Å²) in [4.78, 5) is 11.3. The first kappa shape index (κ1) is 16.4. The Hall–Kier alpha value is -0.610. The molecule has 1 rings (SSSR count). The third-order valence-electron chi connectivity index (χ3n) is 3.87. The molecule has 3 atom stereocenters. The molecule has 4 heteroatoms. The lowest BCUT2D eigenvalue weighted by molar-refractivity contribution is -0.147. The van der Waals surface area contributed by atoms with Crippen molar-refractivity contribution in [3.05, 3.63) is 0 Å². The van der Waals surface area contributed by atoms with E-state index in [-0.39, 0.29) is 12.6 Å². The molecule has 0 heterocycles. The molecule has 0 radical (unpaired) electrons. The fraction of sp³-hybridized carbons (Fsp3) is 0.933. The largest absolute Gasteiger partial charge is 0.480 e. The summed E-state index contributed by atoms with van der Waals surface area (Å²) in [6.07, 6.45) is 5.01. The van der Waals surface area contributed by atoms with Crippen LogP contribution in [0.2, 0.25) is 0 Å². The third-order valence-corrected chi connectivity index (χ3v) is 3.87. The predicted octanol–water partition coefficient (Wildman–Crippen LogP) is 2.67. The number of rotatable bonds is 7. The van der Waals surface area contributed by atoms with Crippen molar-refractivity contribution in [2.75, 3.05) is 13.2 Å². The van der Waals surface area contributed by atoms with E-state index < -0.39 is 11.5 Å². The van der Waals surface area contributed by atoms with Crippen molar-refractivity contribution in [2.24, 2.45) is 11.8 Å². The monoisotopic (exact) mass is 271 g/mol. The Kier molecular flexibility index (Phi) is 6.27. The van der Waals surface area contributed by atoms with E-state index in [2.05, 4.69) is 12.2 Å². The molecule has 0 aromatic rings. The average Bonchev–Trinajstić information content (AvgIpc) is 2.27. The Morgan fingerprint density at radius 1 is 1.47 bits per heavy atom. The highest BCUT2D eigenvalue weighted by Gasteiger charge is 2.34. The van der Waals surface area contributed by atoms with Gasteiger partial charge in [0.15, 0.2) is 0 Å². The zero-order valence-electron chi connectivity index (χ0n) is 12.7. The van der Waals surface area contributed by atoms with Crippen LogP contribution in [-0.2, 0) is 9.53 Å². The first-order valence-electron chi connectivity index (χ1n) is 7.42. The number of carbonyl (C=O) groups is 1. The van der Waals surface area contributed by atoms with Gasteiger partial charge in [0.1, 0.15) is 5.54 Å². The van der Waals surface area contributed by atoms with Crippen LogP contribution in [0.3, 0.4) is 0 Å². The Balaban J connectivity index is 2.37. The summed E-state index contributed by atoms with van der Waals surface area (Å²) in [6, 6.07) is 0.124. The summed E-state index contributed by atoms with van der Waals surface area (Å²) < 4.78 is 5.71. The zero-order chi connectivity index (χ0) is 14.5. The maximum Gasteiger partial charge on any atom is 0.326 e. The molecule has 1 saturated carbocycles. The minimum absolute atomic E-state index is 0.124. The van der Waals surface area contributed by atoms with Crippen LogP contribution in [-0.4, -0.2) is 35.9 Å². The molecule has 0 saturated heterocycles. The topological polar surface area (TPSA) is 58.6 Å². The molecule has 0 aromatic carbocycles. The van der Waals surface area contributed by atoms with Gasteiger partial charge in [0, 0.05) is 12.6 Å². The second-order valence-corrected chi connectivity index (χ2v) is 6.59. The highest BCUT2D eigenvalue weighted by atomic mass is 16.5. The lowest BCUT2D eigenvalue weighted by Crippen LogP contribution is -2.55. The van der Waals surface area contributed by atoms with Gasteiger partial charge in [0.25, 0.3) is 0 Å². The Morgan fingerprint density at radius 3 is 2.68 bits per heavy atom. The highest BCUT2D eigenvalue weighted by molar-refractivity contribution is 5.78. The van der Waals surface area contributed by atoms with Crippen molar-refractivity contribution >= 4 is 5.97 Å². The van der Waals surface area contributed by atoms with Gasteiger partial charge >= 0.3 is 5.97 Å². The van der Waals surface area contributed by atoms with Crippen LogP contribution in [0.15, 0.2) is 0 Å². The fourth-order valence-electron chi connectivity index (χ4n) is 2.94. The molecule has 1 aliphatic rings. The number of ether oxygens (including phenoxy) is 1. The molecule has 1 aliphatic carbocycles. The van der Waals surface area contributed by atoms with Crippen LogP contribution >= 0.6 is 0 Å². The summed E-state index contributed by atoms with van der Waals surface area (Å²) >= 11 is 0. The van der Waals surface area contributed by atoms with E-state index >= 15 is 0 Å². The number of hydrogen-bond donors (Lipinski definition) is 2. The molecule has 1 fully saturated rings. The number of aliphatic carboxylic acids is 1. The third kappa shape index (κ3) is 5.49. The van der Waals surface area contributed by atoms with Gasteiger partial charge < -0.3 is 9.84 Å². The SMILES string of the molecule is CC1CCCC(COCC(C)(NC(C)C)C(=O)O)C1. The molecule has 19 heavy (non-hydrogen) atoms. The standard InChI is InChI=1S/C15H29NO3/c1-11(2)16-15(4,14(17)18)10-19-9-13-7-5-6-12(3)8-13/h11-13,16H,5-10H2,1-4H3,(H,17,18). The van der Waals surface area contributed by atoms with Crippen LogP contribution in [0.1, 0.15) is 53.4 Å². The van der Waals surface area contributed by atoms with Gasteiger partial charge in [0.05, 0.1) is 6.61 Å². The molecule has 0 bridgehead atoms. The summed E-state index contributed by atoms with van der Waals surface area (Å²) in [5, 5.41) is 12.4. The summed E-state index contributed by atoms with van der Waals surface area (Å²) in [5.74, 6) is 0.529. The van der Waals surface area contributed by atoms with Gasteiger partial charge in [-0.3, -0.25) is 10.1 Å². The second-order valence-electron chi connectivity index (χ2n) is 6.59. The van der Waals surface area contributed by atoms with Gasteiger partial charge in [-0.25, -0.2) is 0 Å². The Morgan fingerprint density at radius 2 is 2.16 bits per heavy atom. The van der Waals surface area contributed by atoms with E-state index in [4.69, 9.17) is 4.74 Å². The number of nitrogens with one attached hydrogen (secondary N) is 1. The van der Waals surface area contributed by atoms with Gasteiger partial charge in [-0.05, 0) is 45.4 Å². The fourth-order valence-corrected chi connectivity index (χ4v) is 2.94. The van der Waals surface area contributed by atoms with Crippen molar-refractivity contribution < 1.29 is 14.6 Å². The van der Waals surface area contributed by atoms with E-state index in [1.54, 1.807) is 6.92 Å². The molecule has 3 unspecified atom stereocenters. The maximum atomic E-state index is 11.3. The Bertz CT molecular complexity index is 293. The van der Waals surface area contributed by atoms with E-state index in [1.165, 1.54) is 25.7 Å². The van der Waals surface area contributed by atoms with Gasteiger partial charge in [-0.15, -0.1) is 0 Å². The zero-order valence-corrected chi connectivity index (χ0v) is 12.7. The minimum atomic E-state index is -0.992. The van der Waals surface area contributed by atoms with Crippen LogP contribution in [0.5, 0.6) is 0 Å². The van der Waals surface area contributed by atoms with Crippen LogP contribution in [0, 0.1) is 11.8 Å². The van der Waals surface area contributed by atoms with Crippen molar-refractivity contribution in [3.8, 4) is 0 Å².